The van der Waals surface area contributed by atoms with Gasteiger partial charge in [-0.3, -0.25) is 4.57 Å². The van der Waals surface area contributed by atoms with Gasteiger partial charge in [-0.05, 0) is 24.6 Å². The van der Waals surface area contributed by atoms with E-state index in [1.54, 1.807) is 10.6 Å². The Hall–Kier alpha value is -3.19. The summed E-state index contributed by atoms with van der Waals surface area (Å²) in [6.45, 7) is 2.55. The lowest BCUT2D eigenvalue weighted by molar-refractivity contribution is 0.437. The number of anilines is 1. The Morgan fingerprint density at radius 2 is 1.78 bits per heavy atom. The van der Waals surface area contributed by atoms with E-state index in [4.69, 9.17) is 10.5 Å². The lowest BCUT2D eigenvalue weighted by atomic mass is 10.2. The standard InChI is InChI=1S/C19H17N3O/c1-14-7-9-17(10-8-14)23-19-18(21)11-16(12-20)22(19)13-15-5-3-2-4-6-15/h2-11H,13,21H2,1H3. The van der Waals surface area contributed by atoms with Crippen LogP contribution in [-0.4, -0.2) is 4.57 Å². The van der Waals surface area contributed by atoms with Gasteiger partial charge in [0.2, 0.25) is 5.88 Å². The second-order valence-corrected chi connectivity index (χ2v) is 5.39. The fourth-order valence-corrected chi connectivity index (χ4v) is 2.40. The minimum absolute atomic E-state index is 0.457. The lowest BCUT2D eigenvalue weighted by Gasteiger charge is -2.12. The predicted octanol–water partition coefficient (Wildman–Crippen LogP) is 4.09. The minimum atomic E-state index is 0.457. The van der Waals surface area contributed by atoms with Gasteiger partial charge in [0.05, 0.1) is 12.2 Å². The van der Waals surface area contributed by atoms with Crippen molar-refractivity contribution in [1.29, 1.82) is 5.26 Å². The maximum Gasteiger partial charge on any atom is 0.224 e. The molecule has 1 heterocycles. The van der Waals surface area contributed by atoms with E-state index in [-0.39, 0.29) is 0 Å². The van der Waals surface area contributed by atoms with Crippen LogP contribution in [0.2, 0.25) is 0 Å². The van der Waals surface area contributed by atoms with E-state index in [1.165, 1.54) is 0 Å². The number of nitrogens with two attached hydrogens (primary N) is 1. The fraction of sp³-hybridized carbons (Fsp3) is 0.105. The average Bonchev–Trinajstić information content (AvgIpc) is 2.86. The number of hydrogen-bond acceptors (Lipinski definition) is 3. The highest BCUT2D eigenvalue weighted by Gasteiger charge is 2.15. The Bertz CT molecular complexity index is 843. The van der Waals surface area contributed by atoms with Gasteiger partial charge < -0.3 is 10.5 Å². The molecule has 3 rings (SSSR count). The van der Waals surface area contributed by atoms with E-state index in [1.807, 2.05) is 61.5 Å². The first-order valence-corrected chi connectivity index (χ1v) is 7.35. The molecule has 0 fully saturated rings. The molecule has 0 radical (unpaired) electrons. The highest BCUT2D eigenvalue weighted by molar-refractivity contribution is 5.56. The Labute approximate surface area is 135 Å². The van der Waals surface area contributed by atoms with Crippen LogP contribution in [0.1, 0.15) is 16.8 Å². The molecule has 3 aromatic rings. The van der Waals surface area contributed by atoms with Crippen LogP contribution in [0.25, 0.3) is 0 Å². The Morgan fingerprint density at radius 3 is 2.43 bits per heavy atom. The van der Waals surface area contributed by atoms with Crippen molar-refractivity contribution in [3.05, 3.63) is 77.5 Å². The molecule has 2 aromatic carbocycles. The molecule has 0 saturated carbocycles. The molecule has 0 unspecified atom stereocenters. The number of aromatic nitrogens is 1. The first-order valence-electron chi connectivity index (χ1n) is 7.35. The van der Waals surface area contributed by atoms with Crippen LogP contribution < -0.4 is 10.5 Å². The van der Waals surface area contributed by atoms with Gasteiger partial charge in [-0.15, -0.1) is 0 Å². The van der Waals surface area contributed by atoms with Crippen molar-refractivity contribution in [2.45, 2.75) is 13.5 Å². The zero-order chi connectivity index (χ0) is 16.2. The molecule has 2 N–H and O–H groups in total. The molecule has 0 aliphatic carbocycles. The zero-order valence-corrected chi connectivity index (χ0v) is 12.9. The van der Waals surface area contributed by atoms with Crippen LogP contribution in [0.5, 0.6) is 11.6 Å². The normalized spacial score (nSPS) is 10.3. The first-order chi connectivity index (χ1) is 11.2. The van der Waals surface area contributed by atoms with Gasteiger partial charge in [0.1, 0.15) is 17.5 Å². The van der Waals surface area contributed by atoms with Gasteiger partial charge in [0.15, 0.2) is 0 Å². The number of ether oxygens (including phenoxy) is 1. The van der Waals surface area contributed by atoms with Crippen LogP contribution in [0, 0.1) is 18.3 Å². The molecule has 0 aliphatic rings. The fourth-order valence-electron chi connectivity index (χ4n) is 2.40. The van der Waals surface area contributed by atoms with E-state index in [9.17, 15) is 5.26 Å². The third kappa shape index (κ3) is 3.19. The highest BCUT2D eigenvalue weighted by atomic mass is 16.5. The van der Waals surface area contributed by atoms with E-state index < -0.39 is 0 Å². The largest absolute Gasteiger partial charge is 0.439 e. The summed E-state index contributed by atoms with van der Waals surface area (Å²) in [5, 5.41) is 9.35. The number of nitrogen functional groups attached to an aromatic ring is 1. The van der Waals surface area contributed by atoms with Gasteiger partial charge in [0, 0.05) is 6.07 Å². The summed E-state index contributed by atoms with van der Waals surface area (Å²) >= 11 is 0. The number of rotatable bonds is 4. The van der Waals surface area contributed by atoms with Crippen molar-refractivity contribution < 1.29 is 4.74 Å². The number of nitrogens with zero attached hydrogens (tertiary/aromatic N) is 2. The average molecular weight is 303 g/mol. The van der Waals surface area contributed by atoms with Gasteiger partial charge in [-0.2, -0.15) is 5.26 Å². The van der Waals surface area contributed by atoms with Crippen molar-refractivity contribution in [2.75, 3.05) is 5.73 Å². The summed E-state index contributed by atoms with van der Waals surface area (Å²) in [6, 6.07) is 21.5. The summed E-state index contributed by atoms with van der Waals surface area (Å²) in [5.74, 6) is 1.19. The molecule has 0 atom stereocenters. The van der Waals surface area contributed by atoms with Crippen LogP contribution in [0.3, 0.4) is 0 Å². The molecule has 23 heavy (non-hydrogen) atoms. The topological polar surface area (TPSA) is 64.0 Å². The Morgan fingerprint density at radius 1 is 1.09 bits per heavy atom. The smallest absolute Gasteiger partial charge is 0.224 e. The highest BCUT2D eigenvalue weighted by Crippen LogP contribution is 2.32. The van der Waals surface area contributed by atoms with Crippen molar-refractivity contribution in [2.24, 2.45) is 0 Å². The predicted molar refractivity (Wildman–Crippen MR) is 90.4 cm³/mol. The van der Waals surface area contributed by atoms with Crippen molar-refractivity contribution in [1.82, 2.24) is 4.57 Å². The Kier molecular flexibility index (Phi) is 4.03. The van der Waals surface area contributed by atoms with Crippen LogP contribution in [0.4, 0.5) is 5.69 Å². The summed E-state index contributed by atoms with van der Waals surface area (Å²) in [6.07, 6.45) is 0. The molecule has 114 valence electrons. The molecule has 1 aromatic heterocycles. The number of aryl methyl sites for hydroxylation is 1. The van der Waals surface area contributed by atoms with Crippen molar-refractivity contribution >= 4 is 5.69 Å². The molecule has 4 heteroatoms. The third-order valence-electron chi connectivity index (χ3n) is 3.61. The summed E-state index contributed by atoms with van der Waals surface area (Å²) < 4.78 is 7.73. The van der Waals surface area contributed by atoms with Gasteiger partial charge >= 0.3 is 0 Å². The van der Waals surface area contributed by atoms with Crippen molar-refractivity contribution in [3.63, 3.8) is 0 Å². The lowest BCUT2D eigenvalue weighted by Crippen LogP contribution is -2.05. The SMILES string of the molecule is Cc1ccc(Oc2c(N)cc(C#N)n2Cc2ccccc2)cc1. The molecule has 0 aliphatic heterocycles. The second kappa shape index (κ2) is 6.29. The minimum Gasteiger partial charge on any atom is -0.439 e. The molecule has 0 spiro atoms. The summed E-state index contributed by atoms with van der Waals surface area (Å²) in [5.41, 5.74) is 9.22. The summed E-state index contributed by atoms with van der Waals surface area (Å²) in [4.78, 5) is 0. The number of nitriles is 1. The molecule has 0 amide bonds. The van der Waals surface area contributed by atoms with Gasteiger partial charge in [-0.1, -0.05) is 48.0 Å². The maximum absolute atomic E-state index is 9.35. The van der Waals surface area contributed by atoms with E-state index in [0.29, 0.717) is 29.6 Å². The third-order valence-corrected chi connectivity index (χ3v) is 3.61. The van der Waals surface area contributed by atoms with E-state index >= 15 is 0 Å². The molecule has 0 bridgehead atoms. The molecular formula is C19H17N3O. The number of hydrogen-bond donors (Lipinski definition) is 1. The van der Waals surface area contributed by atoms with Crippen LogP contribution in [-0.2, 0) is 6.54 Å². The molecule has 0 saturated heterocycles. The van der Waals surface area contributed by atoms with Gasteiger partial charge in [0.25, 0.3) is 0 Å². The monoisotopic (exact) mass is 303 g/mol. The van der Waals surface area contributed by atoms with Crippen LogP contribution >= 0.6 is 0 Å². The second-order valence-electron chi connectivity index (χ2n) is 5.39. The molecular weight excluding hydrogens is 286 g/mol. The van der Waals surface area contributed by atoms with E-state index in [0.717, 1.165) is 11.1 Å². The van der Waals surface area contributed by atoms with Crippen molar-refractivity contribution in [3.8, 4) is 17.7 Å². The molecule has 4 nitrogen and oxygen atoms in total. The number of benzene rings is 2. The first kappa shape index (κ1) is 14.7. The Balaban J connectivity index is 1.97. The van der Waals surface area contributed by atoms with E-state index in [2.05, 4.69) is 6.07 Å². The summed E-state index contributed by atoms with van der Waals surface area (Å²) in [7, 11) is 0. The van der Waals surface area contributed by atoms with Gasteiger partial charge in [-0.25, -0.2) is 0 Å². The zero-order valence-electron chi connectivity index (χ0n) is 12.9. The quantitative estimate of drug-likeness (QED) is 0.789. The maximum atomic E-state index is 9.35. The van der Waals surface area contributed by atoms with Crippen LogP contribution in [0.15, 0.2) is 60.7 Å².